The topological polar surface area (TPSA) is 54.5 Å². The van der Waals surface area contributed by atoms with Gasteiger partial charge < -0.3 is 15.0 Å². The molecule has 3 rings (SSSR count). The molecule has 0 radical (unpaired) electrons. The Bertz CT molecular complexity index is 657. The number of aromatic nitrogens is 1. The van der Waals surface area contributed by atoms with Gasteiger partial charge in [0.1, 0.15) is 11.4 Å². The highest BCUT2D eigenvalue weighted by Crippen LogP contribution is 2.30. The SMILES string of the molecule is COC(=O)c1cccnc1N1CCNCc2ccccc21. The molecule has 1 aliphatic heterocycles. The van der Waals surface area contributed by atoms with Gasteiger partial charge in [0, 0.05) is 31.5 Å². The number of nitrogens with one attached hydrogen (secondary N) is 1. The molecule has 21 heavy (non-hydrogen) atoms. The Kier molecular flexibility index (Phi) is 3.83. The van der Waals surface area contributed by atoms with Crippen LogP contribution in [0.25, 0.3) is 0 Å². The predicted octanol–water partition coefficient (Wildman–Crippen LogP) is 2.11. The van der Waals surface area contributed by atoms with Gasteiger partial charge in [0.25, 0.3) is 0 Å². The van der Waals surface area contributed by atoms with Gasteiger partial charge in [-0.2, -0.15) is 0 Å². The Hall–Kier alpha value is -2.40. The number of nitrogens with zero attached hydrogens (tertiary/aromatic N) is 2. The molecule has 5 nitrogen and oxygen atoms in total. The highest BCUT2D eigenvalue weighted by atomic mass is 16.5. The van der Waals surface area contributed by atoms with Crippen molar-refractivity contribution in [2.75, 3.05) is 25.1 Å². The van der Waals surface area contributed by atoms with Crippen molar-refractivity contribution in [3.8, 4) is 0 Å². The van der Waals surface area contributed by atoms with E-state index in [1.54, 1.807) is 18.3 Å². The molecule has 2 aromatic rings. The Morgan fingerprint density at radius 2 is 2.14 bits per heavy atom. The maximum absolute atomic E-state index is 12.0. The van der Waals surface area contributed by atoms with E-state index in [4.69, 9.17) is 4.74 Å². The lowest BCUT2D eigenvalue weighted by Crippen LogP contribution is -2.27. The number of esters is 1. The van der Waals surface area contributed by atoms with Crippen LogP contribution in [-0.4, -0.2) is 31.2 Å². The maximum Gasteiger partial charge on any atom is 0.341 e. The number of para-hydroxylation sites is 1. The second kappa shape index (κ2) is 5.93. The third kappa shape index (κ3) is 2.60. The zero-order valence-electron chi connectivity index (χ0n) is 11.9. The molecule has 108 valence electrons. The number of rotatable bonds is 2. The van der Waals surface area contributed by atoms with E-state index in [9.17, 15) is 4.79 Å². The van der Waals surface area contributed by atoms with Crippen LogP contribution in [-0.2, 0) is 11.3 Å². The molecule has 1 aromatic carbocycles. The first kappa shape index (κ1) is 13.6. The summed E-state index contributed by atoms with van der Waals surface area (Å²) in [6, 6.07) is 11.6. The van der Waals surface area contributed by atoms with Crippen LogP contribution in [0.3, 0.4) is 0 Å². The van der Waals surface area contributed by atoms with E-state index < -0.39 is 0 Å². The normalized spacial score (nSPS) is 14.2. The van der Waals surface area contributed by atoms with Gasteiger partial charge in [-0.25, -0.2) is 9.78 Å². The standard InChI is InChI=1S/C16H17N3O2/c1-21-16(20)13-6-4-8-18-15(13)19-10-9-17-11-12-5-2-3-7-14(12)19/h2-8,17H,9-11H2,1H3. The van der Waals surface area contributed by atoms with E-state index in [0.29, 0.717) is 11.4 Å². The third-order valence-electron chi connectivity index (χ3n) is 3.56. The molecule has 0 bridgehead atoms. The lowest BCUT2D eigenvalue weighted by molar-refractivity contribution is 0.0601. The van der Waals surface area contributed by atoms with E-state index in [0.717, 1.165) is 25.3 Å². The Morgan fingerprint density at radius 3 is 3.00 bits per heavy atom. The average molecular weight is 283 g/mol. The maximum atomic E-state index is 12.0. The molecular weight excluding hydrogens is 266 g/mol. The van der Waals surface area contributed by atoms with Gasteiger partial charge in [0.05, 0.1) is 7.11 Å². The van der Waals surface area contributed by atoms with Crippen molar-refractivity contribution >= 4 is 17.5 Å². The summed E-state index contributed by atoms with van der Waals surface area (Å²) < 4.78 is 4.87. The summed E-state index contributed by atoms with van der Waals surface area (Å²) >= 11 is 0. The first-order valence-electron chi connectivity index (χ1n) is 6.91. The van der Waals surface area contributed by atoms with Crippen molar-refractivity contribution < 1.29 is 9.53 Å². The van der Waals surface area contributed by atoms with Gasteiger partial charge in [-0.3, -0.25) is 0 Å². The summed E-state index contributed by atoms with van der Waals surface area (Å²) in [5, 5.41) is 3.38. The molecule has 1 aliphatic rings. The predicted molar refractivity (Wildman–Crippen MR) is 80.7 cm³/mol. The Balaban J connectivity index is 2.10. The van der Waals surface area contributed by atoms with Crippen LogP contribution in [0.1, 0.15) is 15.9 Å². The summed E-state index contributed by atoms with van der Waals surface area (Å²) in [5.74, 6) is 0.272. The molecule has 0 spiro atoms. The number of fused-ring (bicyclic) bond motifs is 1. The second-order valence-electron chi connectivity index (χ2n) is 4.82. The molecule has 1 N–H and O–H groups in total. The number of carbonyl (C=O) groups excluding carboxylic acids is 1. The minimum atomic E-state index is -0.368. The van der Waals surface area contributed by atoms with Crippen LogP contribution in [0, 0.1) is 0 Å². The fraction of sp³-hybridized carbons (Fsp3) is 0.250. The lowest BCUT2D eigenvalue weighted by Gasteiger charge is -2.25. The van der Waals surface area contributed by atoms with Gasteiger partial charge in [-0.05, 0) is 23.8 Å². The highest BCUT2D eigenvalue weighted by molar-refractivity contribution is 5.95. The molecule has 0 atom stereocenters. The lowest BCUT2D eigenvalue weighted by atomic mass is 10.1. The van der Waals surface area contributed by atoms with Crippen LogP contribution in [0.2, 0.25) is 0 Å². The van der Waals surface area contributed by atoms with E-state index >= 15 is 0 Å². The van der Waals surface area contributed by atoms with E-state index in [2.05, 4.69) is 27.3 Å². The number of hydrogen-bond acceptors (Lipinski definition) is 5. The molecule has 5 heteroatoms. The van der Waals surface area contributed by atoms with Crippen LogP contribution in [0.4, 0.5) is 11.5 Å². The van der Waals surface area contributed by atoms with Gasteiger partial charge in [-0.15, -0.1) is 0 Å². The molecule has 0 unspecified atom stereocenters. The molecule has 0 amide bonds. The van der Waals surface area contributed by atoms with Gasteiger partial charge in [-0.1, -0.05) is 18.2 Å². The number of ether oxygens (including phenoxy) is 1. The molecular formula is C16H17N3O2. The Labute approximate surface area is 123 Å². The first-order chi connectivity index (χ1) is 10.3. The van der Waals surface area contributed by atoms with E-state index in [-0.39, 0.29) is 5.97 Å². The van der Waals surface area contributed by atoms with Crippen LogP contribution in [0.15, 0.2) is 42.6 Å². The minimum absolute atomic E-state index is 0.368. The number of methoxy groups -OCH3 is 1. The largest absolute Gasteiger partial charge is 0.465 e. The molecule has 0 aliphatic carbocycles. The van der Waals surface area contributed by atoms with Crippen LogP contribution in [0.5, 0.6) is 0 Å². The van der Waals surface area contributed by atoms with Gasteiger partial charge in [0.15, 0.2) is 0 Å². The summed E-state index contributed by atoms with van der Waals surface area (Å²) in [7, 11) is 1.39. The first-order valence-corrected chi connectivity index (χ1v) is 6.91. The zero-order valence-corrected chi connectivity index (χ0v) is 11.9. The number of hydrogen-bond donors (Lipinski definition) is 1. The van der Waals surface area contributed by atoms with E-state index in [1.165, 1.54) is 12.7 Å². The zero-order chi connectivity index (χ0) is 14.7. The number of anilines is 2. The molecule has 2 heterocycles. The fourth-order valence-corrected chi connectivity index (χ4v) is 2.56. The Morgan fingerprint density at radius 1 is 1.29 bits per heavy atom. The van der Waals surface area contributed by atoms with Crippen molar-refractivity contribution in [2.45, 2.75) is 6.54 Å². The second-order valence-corrected chi connectivity index (χ2v) is 4.82. The fourth-order valence-electron chi connectivity index (χ4n) is 2.56. The van der Waals surface area contributed by atoms with Gasteiger partial charge >= 0.3 is 5.97 Å². The minimum Gasteiger partial charge on any atom is -0.465 e. The van der Waals surface area contributed by atoms with E-state index in [1.807, 2.05) is 12.1 Å². The number of carbonyl (C=O) groups is 1. The van der Waals surface area contributed by atoms with Crippen molar-refractivity contribution in [2.24, 2.45) is 0 Å². The van der Waals surface area contributed by atoms with Crippen LogP contribution >= 0.6 is 0 Å². The summed E-state index contributed by atoms with van der Waals surface area (Å²) in [6.07, 6.45) is 1.70. The average Bonchev–Trinajstić information content (AvgIpc) is 2.76. The van der Waals surface area contributed by atoms with Gasteiger partial charge in [0.2, 0.25) is 0 Å². The monoisotopic (exact) mass is 283 g/mol. The summed E-state index contributed by atoms with van der Waals surface area (Å²) in [4.78, 5) is 18.5. The molecule has 0 fully saturated rings. The number of pyridine rings is 1. The molecule has 0 saturated carbocycles. The number of benzene rings is 1. The van der Waals surface area contributed by atoms with Crippen molar-refractivity contribution in [3.05, 3.63) is 53.7 Å². The quantitative estimate of drug-likeness (QED) is 0.856. The van der Waals surface area contributed by atoms with Crippen molar-refractivity contribution in [3.63, 3.8) is 0 Å². The molecule has 0 saturated heterocycles. The third-order valence-corrected chi connectivity index (χ3v) is 3.56. The highest BCUT2D eigenvalue weighted by Gasteiger charge is 2.22. The molecule has 1 aromatic heterocycles. The summed E-state index contributed by atoms with van der Waals surface area (Å²) in [6.45, 7) is 2.39. The smallest absolute Gasteiger partial charge is 0.341 e. The summed E-state index contributed by atoms with van der Waals surface area (Å²) in [5.41, 5.74) is 2.75. The van der Waals surface area contributed by atoms with Crippen molar-refractivity contribution in [1.82, 2.24) is 10.3 Å². The van der Waals surface area contributed by atoms with Crippen LogP contribution < -0.4 is 10.2 Å². The van der Waals surface area contributed by atoms with Crippen molar-refractivity contribution in [1.29, 1.82) is 0 Å².